The molecule has 2 heterocycles. The molecule has 1 unspecified atom stereocenters. The summed E-state index contributed by atoms with van der Waals surface area (Å²) < 4.78 is 22.6. The van der Waals surface area contributed by atoms with Crippen LogP contribution in [0.3, 0.4) is 0 Å². The Morgan fingerprint density at radius 3 is 2.55 bits per heavy atom. The van der Waals surface area contributed by atoms with Crippen LogP contribution in [-0.2, 0) is 0 Å². The van der Waals surface area contributed by atoms with Crippen molar-refractivity contribution in [1.29, 1.82) is 5.26 Å². The zero-order valence-electron chi connectivity index (χ0n) is 18.5. The number of nitrogens with zero attached hydrogens (tertiary/aromatic N) is 1. The first-order chi connectivity index (χ1) is 16.0. The molecule has 0 saturated heterocycles. The van der Waals surface area contributed by atoms with E-state index in [-0.39, 0.29) is 11.5 Å². The van der Waals surface area contributed by atoms with Gasteiger partial charge in [-0.2, -0.15) is 5.26 Å². The average molecular weight is 444 g/mol. The number of nitriles is 1. The minimum Gasteiger partial charge on any atom is -0.494 e. The SMILES string of the molecule is CCCCOc1ccc(C(=O)Oc2ccc3c(c2)OC(N)=C(C#N)C3c2ccc(C)o2)cc1. The van der Waals surface area contributed by atoms with Crippen LogP contribution in [0.2, 0.25) is 0 Å². The van der Waals surface area contributed by atoms with Crippen molar-refractivity contribution in [1.82, 2.24) is 0 Å². The van der Waals surface area contributed by atoms with E-state index in [1.54, 1.807) is 42.5 Å². The Bertz CT molecular complexity index is 1230. The Balaban J connectivity index is 1.54. The van der Waals surface area contributed by atoms with Gasteiger partial charge in [0.25, 0.3) is 0 Å². The molecule has 0 radical (unpaired) electrons. The fourth-order valence-corrected chi connectivity index (χ4v) is 3.59. The molecule has 2 N–H and O–H groups in total. The lowest BCUT2D eigenvalue weighted by Gasteiger charge is -2.25. The summed E-state index contributed by atoms with van der Waals surface area (Å²) in [5, 5.41) is 9.62. The number of benzene rings is 2. The van der Waals surface area contributed by atoms with Crippen LogP contribution in [0.4, 0.5) is 0 Å². The molecule has 0 fully saturated rings. The molecule has 168 valence electrons. The Hall–Kier alpha value is -4.18. The molecule has 1 atom stereocenters. The van der Waals surface area contributed by atoms with Crippen LogP contribution in [-0.4, -0.2) is 12.6 Å². The zero-order valence-corrected chi connectivity index (χ0v) is 18.5. The Kier molecular flexibility index (Phi) is 6.36. The number of hydrogen-bond acceptors (Lipinski definition) is 7. The van der Waals surface area contributed by atoms with Crippen LogP contribution >= 0.6 is 0 Å². The number of aryl methyl sites for hydroxylation is 1. The maximum atomic E-state index is 12.6. The van der Waals surface area contributed by atoms with Gasteiger partial charge in [-0.15, -0.1) is 0 Å². The summed E-state index contributed by atoms with van der Waals surface area (Å²) in [6.45, 7) is 4.56. The Morgan fingerprint density at radius 2 is 1.88 bits per heavy atom. The summed E-state index contributed by atoms with van der Waals surface area (Å²) >= 11 is 0. The number of hydrogen-bond donors (Lipinski definition) is 1. The Labute approximate surface area is 192 Å². The lowest BCUT2D eigenvalue weighted by molar-refractivity contribution is 0.0734. The Morgan fingerprint density at radius 1 is 1.12 bits per heavy atom. The summed E-state index contributed by atoms with van der Waals surface area (Å²) in [7, 11) is 0. The molecule has 1 aliphatic rings. The van der Waals surface area contributed by atoms with Crippen molar-refractivity contribution in [2.45, 2.75) is 32.6 Å². The molecule has 33 heavy (non-hydrogen) atoms. The number of furan rings is 1. The maximum Gasteiger partial charge on any atom is 0.343 e. The van der Waals surface area contributed by atoms with E-state index >= 15 is 0 Å². The van der Waals surface area contributed by atoms with Crippen LogP contribution in [0, 0.1) is 18.3 Å². The summed E-state index contributed by atoms with van der Waals surface area (Å²) in [4.78, 5) is 12.6. The predicted molar refractivity (Wildman–Crippen MR) is 121 cm³/mol. The molecular weight excluding hydrogens is 420 g/mol. The highest BCUT2D eigenvalue weighted by atomic mass is 16.5. The van der Waals surface area contributed by atoms with Crippen molar-refractivity contribution < 1.29 is 23.4 Å². The number of unbranched alkanes of at least 4 members (excludes halogenated alkanes) is 1. The van der Waals surface area contributed by atoms with Gasteiger partial charge in [0.1, 0.15) is 40.4 Å². The number of carbonyl (C=O) groups is 1. The van der Waals surface area contributed by atoms with Crippen molar-refractivity contribution in [3.63, 3.8) is 0 Å². The van der Waals surface area contributed by atoms with E-state index in [4.69, 9.17) is 24.4 Å². The normalized spacial score (nSPS) is 14.8. The van der Waals surface area contributed by atoms with E-state index in [1.165, 1.54) is 0 Å². The minimum atomic E-state index is -0.509. The van der Waals surface area contributed by atoms with E-state index in [1.807, 2.05) is 19.1 Å². The van der Waals surface area contributed by atoms with Gasteiger partial charge in [0, 0.05) is 11.6 Å². The molecule has 0 saturated carbocycles. The summed E-state index contributed by atoms with van der Waals surface area (Å²) in [6, 6.07) is 17.5. The second-order valence-corrected chi connectivity index (χ2v) is 7.69. The van der Waals surface area contributed by atoms with Crippen molar-refractivity contribution in [2.75, 3.05) is 6.61 Å². The van der Waals surface area contributed by atoms with Gasteiger partial charge in [0.05, 0.1) is 18.1 Å². The summed E-state index contributed by atoms with van der Waals surface area (Å²) in [5.41, 5.74) is 7.37. The number of carbonyl (C=O) groups excluding carboxylic acids is 1. The topological polar surface area (TPSA) is 108 Å². The van der Waals surface area contributed by atoms with Crippen LogP contribution in [0.15, 0.2) is 70.5 Å². The molecule has 7 heteroatoms. The average Bonchev–Trinajstić information content (AvgIpc) is 3.24. The number of allylic oxidation sites excluding steroid dienone is 1. The number of ether oxygens (including phenoxy) is 3. The van der Waals surface area contributed by atoms with E-state index in [0.717, 1.165) is 18.6 Å². The molecule has 0 bridgehead atoms. The van der Waals surface area contributed by atoms with Gasteiger partial charge in [-0.1, -0.05) is 19.4 Å². The van der Waals surface area contributed by atoms with Crippen molar-refractivity contribution >= 4 is 5.97 Å². The second-order valence-electron chi connectivity index (χ2n) is 7.69. The van der Waals surface area contributed by atoms with Gasteiger partial charge in [0.2, 0.25) is 5.88 Å². The van der Waals surface area contributed by atoms with E-state index < -0.39 is 11.9 Å². The highest BCUT2D eigenvalue weighted by Crippen LogP contribution is 2.43. The van der Waals surface area contributed by atoms with Gasteiger partial charge < -0.3 is 24.4 Å². The zero-order chi connectivity index (χ0) is 23.4. The molecule has 1 aromatic heterocycles. The smallest absolute Gasteiger partial charge is 0.343 e. The second kappa shape index (κ2) is 9.53. The monoisotopic (exact) mass is 444 g/mol. The van der Waals surface area contributed by atoms with Crippen molar-refractivity contribution in [2.24, 2.45) is 5.73 Å². The fourth-order valence-electron chi connectivity index (χ4n) is 3.59. The van der Waals surface area contributed by atoms with Gasteiger partial charge in [0.15, 0.2) is 0 Å². The highest BCUT2D eigenvalue weighted by molar-refractivity contribution is 5.91. The third-order valence-electron chi connectivity index (χ3n) is 5.30. The van der Waals surface area contributed by atoms with Crippen molar-refractivity contribution in [3.05, 3.63) is 88.7 Å². The fraction of sp³-hybridized carbons (Fsp3) is 0.231. The van der Waals surface area contributed by atoms with Crippen LogP contribution < -0.4 is 19.9 Å². The standard InChI is InChI=1S/C26H24N2O5/c1-3-4-13-30-18-8-6-17(7-9-18)26(29)32-19-10-11-20-23(14-19)33-25(28)21(15-27)24(20)22-12-5-16(2)31-22/h5-12,14,24H,3-4,13,28H2,1-2H3. The first kappa shape index (κ1) is 22.0. The molecule has 7 nitrogen and oxygen atoms in total. The third-order valence-corrected chi connectivity index (χ3v) is 5.30. The molecular formula is C26H24N2O5. The van der Waals surface area contributed by atoms with Crippen molar-refractivity contribution in [3.8, 4) is 23.3 Å². The van der Waals surface area contributed by atoms with Crippen LogP contribution in [0.1, 0.15) is 53.1 Å². The highest BCUT2D eigenvalue weighted by Gasteiger charge is 2.33. The first-order valence-electron chi connectivity index (χ1n) is 10.7. The molecule has 1 aliphatic heterocycles. The summed E-state index contributed by atoms with van der Waals surface area (Å²) in [6.07, 6.45) is 2.02. The van der Waals surface area contributed by atoms with E-state index in [0.29, 0.717) is 40.7 Å². The molecule has 0 amide bonds. The summed E-state index contributed by atoms with van der Waals surface area (Å²) in [5.74, 6) is 1.69. The number of esters is 1. The number of fused-ring (bicyclic) bond motifs is 1. The largest absolute Gasteiger partial charge is 0.494 e. The lowest BCUT2D eigenvalue weighted by Crippen LogP contribution is -2.21. The van der Waals surface area contributed by atoms with E-state index in [2.05, 4.69) is 13.0 Å². The van der Waals surface area contributed by atoms with Gasteiger partial charge in [-0.05, 0) is 55.8 Å². The number of rotatable bonds is 7. The van der Waals surface area contributed by atoms with Crippen LogP contribution in [0.5, 0.6) is 17.2 Å². The quantitative estimate of drug-likeness (QED) is 0.303. The third kappa shape index (κ3) is 4.70. The van der Waals surface area contributed by atoms with Gasteiger partial charge in [-0.25, -0.2) is 4.79 Å². The predicted octanol–water partition coefficient (Wildman–Crippen LogP) is 5.20. The van der Waals surface area contributed by atoms with Gasteiger partial charge >= 0.3 is 5.97 Å². The molecule has 4 rings (SSSR count). The van der Waals surface area contributed by atoms with E-state index in [9.17, 15) is 10.1 Å². The first-order valence-corrected chi connectivity index (χ1v) is 10.7. The maximum absolute atomic E-state index is 12.6. The molecule has 0 spiro atoms. The minimum absolute atomic E-state index is 0.00816. The van der Waals surface area contributed by atoms with Gasteiger partial charge in [-0.3, -0.25) is 0 Å². The molecule has 3 aromatic rings. The molecule has 0 aliphatic carbocycles. The lowest BCUT2D eigenvalue weighted by atomic mass is 9.87. The number of nitrogens with two attached hydrogens (primary N) is 1. The molecule has 2 aromatic carbocycles. The van der Waals surface area contributed by atoms with Crippen LogP contribution in [0.25, 0.3) is 0 Å².